The van der Waals surface area contributed by atoms with E-state index in [-0.39, 0.29) is 5.91 Å². The molecule has 4 heteroatoms. The third-order valence-corrected chi connectivity index (χ3v) is 1.47. The van der Waals surface area contributed by atoms with E-state index in [4.69, 9.17) is 9.68 Å². The monoisotopic (exact) mass is 164 g/mol. The van der Waals surface area contributed by atoms with Crippen LogP contribution < -0.4 is 5.32 Å². The van der Waals surface area contributed by atoms with Crippen molar-refractivity contribution in [2.75, 3.05) is 7.05 Å². The van der Waals surface area contributed by atoms with Crippen molar-refractivity contribution in [3.8, 4) is 6.07 Å². The first kappa shape index (κ1) is 8.34. The number of likely N-dealkylation sites (N-methyl/N-ethyl adjacent to an activating group) is 1. The number of hydrogen-bond donors (Lipinski definition) is 1. The van der Waals surface area contributed by atoms with Gasteiger partial charge in [-0.3, -0.25) is 4.79 Å². The summed E-state index contributed by atoms with van der Waals surface area (Å²) in [5, 5.41) is 11.0. The fourth-order valence-corrected chi connectivity index (χ4v) is 0.851. The van der Waals surface area contributed by atoms with Gasteiger partial charge in [-0.05, 0) is 12.1 Å². The van der Waals surface area contributed by atoms with Crippen LogP contribution in [0, 0.1) is 11.3 Å². The predicted octanol–water partition coefficient (Wildman–Crippen LogP) is 0.633. The molecule has 0 aliphatic rings. The van der Waals surface area contributed by atoms with E-state index in [0.717, 1.165) is 0 Å². The highest BCUT2D eigenvalue weighted by Gasteiger charge is 2.20. The molecule has 1 N–H and O–H groups in total. The number of nitrogens with zero attached hydrogens (tertiary/aromatic N) is 1. The minimum absolute atomic E-state index is 0.354. The Bertz CT molecular complexity index is 297. The Morgan fingerprint density at radius 3 is 3.00 bits per heavy atom. The van der Waals surface area contributed by atoms with Crippen LogP contribution in [0.5, 0.6) is 0 Å². The topological polar surface area (TPSA) is 66.0 Å². The van der Waals surface area contributed by atoms with E-state index in [9.17, 15) is 4.79 Å². The fraction of sp³-hybridized carbons (Fsp3) is 0.250. The van der Waals surface area contributed by atoms with E-state index in [1.165, 1.54) is 13.3 Å². The molecule has 0 aliphatic heterocycles. The van der Waals surface area contributed by atoms with Crippen molar-refractivity contribution in [2.45, 2.75) is 5.92 Å². The van der Waals surface area contributed by atoms with Crippen molar-refractivity contribution >= 4 is 5.91 Å². The summed E-state index contributed by atoms with van der Waals surface area (Å²) in [5.74, 6) is -0.825. The molecule has 0 saturated heterocycles. The minimum atomic E-state index is -0.843. The molecule has 1 amide bonds. The summed E-state index contributed by atoms with van der Waals surface area (Å²) < 4.78 is 4.93. The quantitative estimate of drug-likeness (QED) is 0.697. The van der Waals surface area contributed by atoms with Gasteiger partial charge in [-0.1, -0.05) is 0 Å². The van der Waals surface area contributed by atoms with E-state index >= 15 is 0 Å². The van der Waals surface area contributed by atoms with Crippen LogP contribution in [0.15, 0.2) is 22.8 Å². The van der Waals surface area contributed by atoms with Crippen molar-refractivity contribution in [1.82, 2.24) is 5.32 Å². The average Bonchev–Trinajstić information content (AvgIpc) is 2.58. The number of carbonyl (C=O) groups excluding carboxylic acids is 1. The fourth-order valence-electron chi connectivity index (χ4n) is 0.851. The second-order valence-electron chi connectivity index (χ2n) is 2.19. The first-order valence-electron chi connectivity index (χ1n) is 3.44. The zero-order chi connectivity index (χ0) is 8.97. The maximum Gasteiger partial charge on any atom is 0.244 e. The largest absolute Gasteiger partial charge is 0.467 e. The lowest BCUT2D eigenvalue weighted by atomic mass is 10.1. The van der Waals surface area contributed by atoms with Gasteiger partial charge in [0.25, 0.3) is 0 Å². The summed E-state index contributed by atoms with van der Waals surface area (Å²) in [4.78, 5) is 11.0. The molecule has 62 valence electrons. The number of furan rings is 1. The number of carbonyl (C=O) groups is 1. The van der Waals surface area contributed by atoms with E-state index in [1.54, 1.807) is 12.1 Å². The van der Waals surface area contributed by atoms with Gasteiger partial charge in [-0.2, -0.15) is 5.26 Å². The van der Waals surface area contributed by atoms with Gasteiger partial charge in [-0.25, -0.2) is 0 Å². The molecule has 0 radical (unpaired) electrons. The van der Waals surface area contributed by atoms with Gasteiger partial charge in [0.15, 0.2) is 5.92 Å². The molecular weight excluding hydrogens is 156 g/mol. The SMILES string of the molecule is CNC(=O)[C@@H](C#N)c1ccco1. The van der Waals surface area contributed by atoms with Crippen molar-refractivity contribution < 1.29 is 9.21 Å². The third-order valence-electron chi connectivity index (χ3n) is 1.47. The molecule has 12 heavy (non-hydrogen) atoms. The number of amides is 1. The van der Waals surface area contributed by atoms with Gasteiger partial charge in [-0.15, -0.1) is 0 Å². The lowest BCUT2D eigenvalue weighted by molar-refractivity contribution is -0.121. The summed E-state index contributed by atoms with van der Waals surface area (Å²) >= 11 is 0. The van der Waals surface area contributed by atoms with Crippen LogP contribution in [-0.4, -0.2) is 13.0 Å². The van der Waals surface area contributed by atoms with E-state index < -0.39 is 5.92 Å². The Hall–Kier alpha value is -1.76. The molecule has 1 rings (SSSR count). The molecule has 1 atom stereocenters. The normalized spacial score (nSPS) is 11.7. The Kier molecular flexibility index (Phi) is 2.49. The van der Waals surface area contributed by atoms with Crippen LogP contribution >= 0.6 is 0 Å². The number of hydrogen-bond acceptors (Lipinski definition) is 3. The lowest BCUT2D eigenvalue weighted by Crippen LogP contribution is -2.24. The molecule has 0 fully saturated rings. The molecule has 1 aromatic heterocycles. The number of nitrogens with one attached hydrogen (secondary N) is 1. The second kappa shape index (κ2) is 3.58. The van der Waals surface area contributed by atoms with Crippen LogP contribution in [-0.2, 0) is 4.79 Å². The average molecular weight is 164 g/mol. The highest BCUT2D eigenvalue weighted by Crippen LogP contribution is 2.14. The van der Waals surface area contributed by atoms with Crippen molar-refractivity contribution in [1.29, 1.82) is 5.26 Å². The molecule has 0 aliphatic carbocycles. The van der Waals surface area contributed by atoms with Gasteiger partial charge >= 0.3 is 0 Å². The van der Waals surface area contributed by atoms with Gasteiger partial charge in [0.05, 0.1) is 12.3 Å². The molecule has 0 spiro atoms. The zero-order valence-corrected chi connectivity index (χ0v) is 6.57. The highest BCUT2D eigenvalue weighted by atomic mass is 16.3. The van der Waals surface area contributed by atoms with E-state index in [2.05, 4.69) is 5.32 Å². The Labute approximate surface area is 69.8 Å². The van der Waals surface area contributed by atoms with Crippen molar-refractivity contribution in [2.24, 2.45) is 0 Å². The maximum atomic E-state index is 11.0. The number of nitriles is 1. The molecule has 0 aromatic carbocycles. The summed E-state index contributed by atoms with van der Waals surface area (Å²) in [6.07, 6.45) is 1.43. The molecule has 1 aromatic rings. The van der Waals surface area contributed by atoms with E-state index in [0.29, 0.717) is 5.76 Å². The highest BCUT2D eigenvalue weighted by molar-refractivity contribution is 5.85. The summed E-state index contributed by atoms with van der Waals surface area (Å²) in [6, 6.07) is 5.09. The lowest BCUT2D eigenvalue weighted by Gasteiger charge is -2.02. The molecule has 1 heterocycles. The Morgan fingerprint density at radius 1 is 1.83 bits per heavy atom. The van der Waals surface area contributed by atoms with E-state index in [1.807, 2.05) is 6.07 Å². The summed E-state index contributed by atoms with van der Waals surface area (Å²) in [7, 11) is 1.48. The first-order chi connectivity index (χ1) is 5.79. The Morgan fingerprint density at radius 2 is 2.58 bits per heavy atom. The van der Waals surface area contributed by atoms with Crippen LogP contribution in [0.25, 0.3) is 0 Å². The second-order valence-corrected chi connectivity index (χ2v) is 2.19. The summed E-state index contributed by atoms with van der Waals surface area (Å²) in [6.45, 7) is 0. The predicted molar refractivity (Wildman–Crippen MR) is 41.1 cm³/mol. The third kappa shape index (κ3) is 1.45. The van der Waals surface area contributed by atoms with Crippen molar-refractivity contribution in [3.63, 3.8) is 0 Å². The minimum Gasteiger partial charge on any atom is -0.467 e. The molecule has 0 bridgehead atoms. The number of rotatable bonds is 2. The first-order valence-corrected chi connectivity index (χ1v) is 3.44. The smallest absolute Gasteiger partial charge is 0.244 e. The van der Waals surface area contributed by atoms with Crippen LogP contribution in [0.1, 0.15) is 11.7 Å². The van der Waals surface area contributed by atoms with Crippen LogP contribution in [0.4, 0.5) is 0 Å². The Balaban J connectivity index is 2.86. The molecule has 4 nitrogen and oxygen atoms in total. The van der Waals surface area contributed by atoms with Gasteiger partial charge in [0, 0.05) is 7.05 Å². The molecular formula is C8H8N2O2. The summed E-state index contributed by atoms with van der Waals surface area (Å²) in [5.41, 5.74) is 0. The van der Waals surface area contributed by atoms with Gasteiger partial charge in [0.1, 0.15) is 5.76 Å². The zero-order valence-electron chi connectivity index (χ0n) is 6.57. The van der Waals surface area contributed by atoms with Gasteiger partial charge < -0.3 is 9.73 Å². The van der Waals surface area contributed by atoms with Crippen LogP contribution in [0.3, 0.4) is 0 Å². The van der Waals surface area contributed by atoms with Crippen molar-refractivity contribution in [3.05, 3.63) is 24.2 Å². The van der Waals surface area contributed by atoms with Crippen LogP contribution in [0.2, 0.25) is 0 Å². The molecule has 0 unspecified atom stereocenters. The van der Waals surface area contributed by atoms with Gasteiger partial charge in [0.2, 0.25) is 5.91 Å². The standard InChI is InChI=1S/C8H8N2O2/c1-10-8(11)6(5-9)7-3-2-4-12-7/h2-4,6H,1H3,(H,10,11)/t6-/m0/s1. The maximum absolute atomic E-state index is 11.0. The molecule has 0 saturated carbocycles.